The highest BCUT2D eigenvalue weighted by Crippen LogP contribution is 2.44. The number of fused-ring (bicyclic) bond motifs is 5. The zero-order valence-electron chi connectivity index (χ0n) is 26.6. The third-order valence-corrected chi connectivity index (χ3v) is 10.2. The lowest BCUT2D eigenvalue weighted by Gasteiger charge is -2.10. The SMILES string of the molecule is c1ccc(-c2nc(-c3ccc(-c4ccc5ccccc5c4)cc3)nc(-c3c4nc(-c5ccccc5)sc4cc4oc5ccccc5c34)n2)cc1. The molecule has 0 fully saturated rings. The van der Waals surface area contributed by atoms with Gasteiger partial charge in [-0.05, 0) is 34.0 Å². The summed E-state index contributed by atoms with van der Waals surface area (Å²) in [5, 5.41) is 5.32. The smallest absolute Gasteiger partial charge is 0.167 e. The quantitative estimate of drug-likeness (QED) is 0.184. The molecule has 0 aliphatic rings. The van der Waals surface area contributed by atoms with Crippen LogP contribution in [0.2, 0.25) is 0 Å². The van der Waals surface area contributed by atoms with Gasteiger partial charge in [-0.2, -0.15) is 0 Å². The molecule has 7 aromatic carbocycles. The van der Waals surface area contributed by atoms with Crippen molar-refractivity contribution in [1.29, 1.82) is 0 Å². The number of hydrogen-bond donors (Lipinski definition) is 0. The fraction of sp³-hybridized carbons (Fsp3) is 0. The first-order chi connectivity index (χ1) is 24.7. The van der Waals surface area contributed by atoms with Gasteiger partial charge in [0.2, 0.25) is 0 Å². The van der Waals surface area contributed by atoms with Crippen molar-refractivity contribution >= 4 is 54.3 Å². The zero-order chi connectivity index (χ0) is 33.0. The van der Waals surface area contributed by atoms with E-state index in [1.165, 1.54) is 10.8 Å². The van der Waals surface area contributed by atoms with E-state index in [0.717, 1.165) is 70.5 Å². The van der Waals surface area contributed by atoms with Gasteiger partial charge in [-0.3, -0.25) is 0 Å². The van der Waals surface area contributed by atoms with Crippen molar-refractivity contribution in [2.75, 3.05) is 0 Å². The van der Waals surface area contributed by atoms with Gasteiger partial charge in [0.05, 0.1) is 15.8 Å². The molecule has 0 amide bonds. The van der Waals surface area contributed by atoms with Gasteiger partial charge in [0.25, 0.3) is 0 Å². The molecule has 0 aliphatic heterocycles. The molecule has 3 heterocycles. The van der Waals surface area contributed by atoms with Crippen LogP contribution in [0.1, 0.15) is 0 Å². The molecule has 0 unspecified atom stereocenters. The molecule has 10 aromatic rings. The molecule has 0 saturated heterocycles. The first kappa shape index (κ1) is 28.5. The van der Waals surface area contributed by atoms with Gasteiger partial charge in [-0.15, -0.1) is 11.3 Å². The summed E-state index contributed by atoms with van der Waals surface area (Å²) in [5.74, 6) is 1.75. The largest absolute Gasteiger partial charge is 0.456 e. The number of aromatic nitrogens is 4. The Morgan fingerprint density at radius 1 is 0.420 bits per heavy atom. The summed E-state index contributed by atoms with van der Waals surface area (Å²) in [7, 11) is 0. The van der Waals surface area contributed by atoms with Crippen molar-refractivity contribution in [3.8, 4) is 55.9 Å². The highest BCUT2D eigenvalue weighted by molar-refractivity contribution is 7.21. The summed E-state index contributed by atoms with van der Waals surface area (Å²) < 4.78 is 7.46. The van der Waals surface area contributed by atoms with Crippen molar-refractivity contribution in [2.45, 2.75) is 0 Å². The van der Waals surface area contributed by atoms with Gasteiger partial charge >= 0.3 is 0 Å². The maximum absolute atomic E-state index is 6.46. The molecule has 0 N–H and O–H groups in total. The second-order valence-corrected chi connectivity index (χ2v) is 13.3. The van der Waals surface area contributed by atoms with Crippen molar-refractivity contribution in [1.82, 2.24) is 19.9 Å². The first-order valence-corrected chi connectivity index (χ1v) is 17.3. The summed E-state index contributed by atoms with van der Waals surface area (Å²) in [5.41, 5.74) is 8.44. The second-order valence-electron chi connectivity index (χ2n) is 12.3. The normalized spacial score (nSPS) is 11.6. The Morgan fingerprint density at radius 3 is 1.80 bits per heavy atom. The standard InChI is InChI=1S/C44H26N4OS/c1-3-12-29(13-4-1)41-46-42(30-22-19-28(20-23-30)33-24-21-27-11-7-8-16-32(27)25-33)48-43(47-41)39-38-34-17-9-10-18-35(34)49-36(38)26-37-40(39)45-44(50-37)31-14-5-2-6-15-31/h1-26H. The van der Waals surface area contributed by atoms with Crippen LogP contribution in [0.15, 0.2) is 162 Å². The summed E-state index contributed by atoms with van der Waals surface area (Å²) >= 11 is 1.64. The molecule has 3 aromatic heterocycles. The first-order valence-electron chi connectivity index (χ1n) is 16.5. The topological polar surface area (TPSA) is 64.7 Å². The van der Waals surface area contributed by atoms with E-state index in [1.54, 1.807) is 11.3 Å². The van der Waals surface area contributed by atoms with Gasteiger partial charge in [0, 0.05) is 33.5 Å². The van der Waals surface area contributed by atoms with Crippen molar-refractivity contribution in [2.24, 2.45) is 0 Å². The van der Waals surface area contributed by atoms with Crippen LogP contribution >= 0.6 is 11.3 Å². The molecule has 0 spiro atoms. The summed E-state index contributed by atoms with van der Waals surface area (Å²) in [6.07, 6.45) is 0. The summed E-state index contributed by atoms with van der Waals surface area (Å²) in [6.45, 7) is 0. The Kier molecular flexibility index (Phi) is 6.60. The predicted molar refractivity (Wildman–Crippen MR) is 205 cm³/mol. The summed E-state index contributed by atoms with van der Waals surface area (Å²) in [4.78, 5) is 20.7. The summed E-state index contributed by atoms with van der Waals surface area (Å²) in [6, 6.07) is 54.1. The van der Waals surface area contributed by atoms with Crippen LogP contribution in [0.4, 0.5) is 0 Å². The average molecular weight is 659 g/mol. The van der Waals surface area contributed by atoms with Crippen LogP contribution < -0.4 is 0 Å². The van der Waals surface area contributed by atoms with E-state index in [0.29, 0.717) is 17.5 Å². The average Bonchev–Trinajstić information content (AvgIpc) is 3.79. The lowest BCUT2D eigenvalue weighted by atomic mass is 10.00. The second kappa shape index (κ2) is 11.6. The molecule has 50 heavy (non-hydrogen) atoms. The molecule has 0 saturated carbocycles. The van der Waals surface area contributed by atoms with Gasteiger partial charge in [-0.25, -0.2) is 19.9 Å². The van der Waals surface area contributed by atoms with Crippen molar-refractivity contribution in [3.05, 3.63) is 158 Å². The van der Waals surface area contributed by atoms with Gasteiger partial charge in [-0.1, -0.05) is 140 Å². The highest BCUT2D eigenvalue weighted by atomic mass is 32.1. The molecular formula is C44H26N4OS. The number of nitrogens with zero attached hydrogens (tertiary/aromatic N) is 4. The number of furan rings is 1. The highest BCUT2D eigenvalue weighted by Gasteiger charge is 2.23. The fourth-order valence-electron chi connectivity index (χ4n) is 6.71. The Balaban J connectivity index is 1.20. The number of para-hydroxylation sites is 1. The molecule has 0 radical (unpaired) electrons. The molecule has 5 nitrogen and oxygen atoms in total. The predicted octanol–water partition coefficient (Wildman–Crippen LogP) is 11.9. The van der Waals surface area contributed by atoms with Crippen LogP contribution in [0.25, 0.3) is 98.8 Å². The Hall–Kier alpha value is -6.50. The number of thiazole rings is 1. The Morgan fingerprint density at radius 2 is 1.02 bits per heavy atom. The number of rotatable bonds is 5. The van der Waals surface area contributed by atoms with E-state index in [2.05, 4.69) is 91.0 Å². The monoisotopic (exact) mass is 658 g/mol. The van der Waals surface area contributed by atoms with E-state index in [9.17, 15) is 0 Å². The lowest BCUT2D eigenvalue weighted by molar-refractivity contribution is 0.669. The van der Waals surface area contributed by atoms with E-state index >= 15 is 0 Å². The third-order valence-electron chi connectivity index (χ3n) is 9.16. The minimum absolute atomic E-state index is 0.555. The van der Waals surface area contributed by atoms with E-state index in [1.807, 2.05) is 66.7 Å². The minimum atomic E-state index is 0.555. The van der Waals surface area contributed by atoms with Crippen LogP contribution in [0, 0.1) is 0 Å². The van der Waals surface area contributed by atoms with Crippen LogP contribution in [-0.2, 0) is 0 Å². The number of benzene rings is 7. The molecule has 6 heteroatoms. The fourth-order valence-corrected chi connectivity index (χ4v) is 7.72. The molecule has 10 rings (SSSR count). The van der Waals surface area contributed by atoms with Crippen molar-refractivity contribution < 1.29 is 4.42 Å². The van der Waals surface area contributed by atoms with E-state index in [4.69, 9.17) is 24.4 Å². The molecule has 0 bridgehead atoms. The van der Waals surface area contributed by atoms with Crippen LogP contribution in [0.5, 0.6) is 0 Å². The number of hydrogen-bond acceptors (Lipinski definition) is 6. The van der Waals surface area contributed by atoms with Crippen molar-refractivity contribution in [3.63, 3.8) is 0 Å². The van der Waals surface area contributed by atoms with E-state index in [-0.39, 0.29) is 0 Å². The maximum Gasteiger partial charge on any atom is 0.167 e. The van der Waals surface area contributed by atoms with Crippen LogP contribution in [-0.4, -0.2) is 19.9 Å². The van der Waals surface area contributed by atoms with Gasteiger partial charge < -0.3 is 4.42 Å². The molecular weight excluding hydrogens is 633 g/mol. The third kappa shape index (κ3) is 4.85. The van der Waals surface area contributed by atoms with E-state index < -0.39 is 0 Å². The Labute approximate surface area is 291 Å². The lowest BCUT2D eigenvalue weighted by Crippen LogP contribution is -2.01. The van der Waals surface area contributed by atoms with Gasteiger partial charge in [0.15, 0.2) is 17.5 Å². The molecule has 234 valence electrons. The Bertz CT molecular complexity index is 2860. The zero-order valence-corrected chi connectivity index (χ0v) is 27.4. The van der Waals surface area contributed by atoms with Gasteiger partial charge in [0.1, 0.15) is 16.2 Å². The minimum Gasteiger partial charge on any atom is -0.456 e. The molecule has 0 atom stereocenters. The maximum atomic E-state index is 6.46. The molecule has 0 aliphatic carbocycles. The van der Waals surface area contributed by atoms with Crippen LogP contribution in [0.3, 0.4) is 0 Å².